The molecular formula is C17H26ClNO. The van der Waals surface area contributed by atoms with Crippen molar-refractivity contribution < 1.29 is 4.74 Å². The summed E-state index contributed by atoms with van der Waals surface area (Å²) in [5.41, 5.74) is 1.16. The summed E-state index contributed by atoms with van der Waals surface area (Å²) in [6, 6.07) is 6.01. The lowest BCUT2D eigenvalue weighted by Crippen LogP contribution is -2.20. The first-order valence-electron chi connectivity index (χ1n) is 7.77. The molecule has 0 amide bonds. The summed E-state index contributed by atoms with van der Waals surface area (Å²) in [5, 5.41) is 4.19. The quantitative estimate of drug-likeness (QED) is 0.790. The fourth-order valence-corrected chi connectivity index (χ4v) is 2.98. The Labute approximate surface area is 127 Å². The summed E-state index contributed by atoms with van der Waals surface area (Å²) < 4.78 is 6.04. The SMILES string of the molecule is CC(C)CNCc1cccc(Cl)c1OCC1CCCC1. The van der Waals surface area contributed by atoms with Crippen LogP contribution in [-0.2, 0) is 6.54 Å². The minimum Gasteiger partial charge on any atom is -0.491 e. The third-order valence-corrected chi connectivity index (χ3v) is 4.15. The molecule has 1 aliphatic rings. The predicted molar refractivity (Wildman–Crippen MR) is 85.4 cm³/mol. The van der Waals surface area contributed by atoms with E-state index in [1.165, 1.54) is 25.7 Å². The van der Waals surface area contributed by atoms with Gasteiger partial charge in [0.25, 0.3) is 0 Å². The molecule has 0 aliphatic heterocycles. The van der Waals surface area contributed by atoms with E-state index in [-0.39, 0.29) is 0 Å². The molecule has 0 unspecified atom stereocenters. The Morgan fingerprint density at radius 1 is 1.30 bits per heavy atom. The Hall–Kier alpha value is -0.730. The zero-order chi connectivity index (χ0) is 14.4. The Morgan fingerprint density at radius 3 is 2.75 bits per heavy atom. The first-order chi connectivity index (χ1) is 9.66. The predicted octanol–water partition coefficient (Wildman–Crippen LogP) is 4.65. The van der Waals surface area contributed by atoms with Crippen LogP contribution in [0, 0.1) is 11.8 Å². The highest BCUT2D eigenvalue weighted by atomic mass is 35.5. The highest BCUT2D eigenvalue weighted by molar-refractivity contribution is 6.32. The minimum atomic E-state index is 0.650. The maximum absolute atomic E-state index is 6.30. The number of nitrogens with one attached hydrogen (secondary N) is 1. The average molecular weight is 296 g/mol. The number of halogens is 1. The fraction of sp³-hybridized carbons (Fsp3) is 0.647. The monoisotopic (exact) mass is 295 g/mol. The zero-order valence-corrected chi connectivity index (χ0v) is 13.4. The van der Waals surface area contributed by atoms with Gasteiger partial charge in [-0.25, -0.2) is 0 Å². The topological polar surface area (TPSA) is 21.3 Å². The molecule has 0 radical (unpaired) electrons. The molecule has 1 N–H and O–H groups in total. The van der Waals surface area contributed by atoms with Crippen molar-refractivity contribution in [2.24, 2.45) is 11.8 Å². The molecule has 0 spiro atoms. The second-order valence-corrected chi connectivity index (χ2v) is 6.62. The number of rotatable bonds is 7. The van der Waals surface area contributed by atoms with Crippen molar-refractivity contribution in [2.75, 3.05) is 13.2 Å². The molecule has 0 saturated heterocycles. The van der Waals surface area contributed by atoms with Crippen molar-refractivity contribution in [3.8, 4) is 5.75 Å². The molecule has 0 atom stereocenters. The molecule has 2 rings (SSSR count). The Bertz CT molecular complexity index is 413. The first kappa shape index (κ1) is 15.7. The third-order valence-electron chi connectivity index (χ3n) is 3.85. The lowest BCUT2D eigenvalue weighted by molar-refractivity contribution is 0.249. The van der Waals surface area contributed by atoms with Gasteiger partial charge in [-0.2, -0.15) is 0 Å². The molecule has 3 heteroatoms. The van der Waals surface area contributed by atoms with E-state index in [0.717, 1.165) is 36.0 Å². The van der Waals surface area contributed by atoms with Gasteiger partial charge in [-0.05, 0) is 37.3 Å². The average Bonchev–Trinajstić information content (AvgIpc) is 2.90. The van der Waals surface area contributed by atoms with Crippen LogP contribution in [0.25, 0.3) is 0 Å². The Kier molecular flexibility index (Phi) is 6.18. The molecule has 112 valence electrons. The van der Waals surface area contributed by atoms with E-state index in [0.29, 0.717) is 11.8 Å². The van der Waals surface area contributed by atoms with Crippen LogP contribution in [0.15, 0.2) is 18.2 Å². The highest BCUT2D eigenvalue weighted by Crippen LogP contribution is 2.31. The normalized spacial score (nSPS) is 16.0. The molecule has 0 bridgehead atoms. The highest BCUT2D eigenvalue weighted by Gasteiger charge is 2.17. The molecule has 1 saturated carbocycles. The van der Waals surface area contributed by atoms with E-state index in [1.54, 1.807) is 0 Å². The maximum atomic E-state index is 6.30. The fourth-order valence-electron chi connectivity index (χ4n) is 2.73. The largest absolute Gasteiger partial charge is 0.491 e. The molecule has 2 nitrogen and oxygen atoms in total. The van der Waals surface area contributed by atoms with Crippen LogP contribution in [0.2, 0.25) is 5.02 Å². The molecular weight excluding hydrogens is 270 g/mol. The minimum absolute atomic E-state index is 0.650. The summed E-state index contributed by atoms with van der Waals surface area (Å²) >= 11 is 6.30. The zero-order valence-electron chi connectivity index (χ0n) is 12.6. The van der Waals surface area contributed by atoms with E-state index in [4.69, 9.17) is 16.3 Å². The van der Waals surface area contributed by atoms with Gasteiger partial charge < -0.3 is 10.1 Å². The smallest absolute Gasteiger partial charge is 0.142 e. The molecule has 0 aromatic heterocycles. The van der Waals surface area contributed by atoms with Crippen LogP contribution < -0.4 is 10.1 Å². The van der Waals surface area contributed by atoms with Gasteiger partial charge >= 0.3 is 0 Å². The van der Waals surface area contributed by atoms with Gasteiger partial charge in [-0.15, -0.1) is 0 Å². The molecule has 1 aromatic rings. The van der Waals surface area contributed by atoms with Crippen molar-refractivity contribution >= 4 is 11.6 Å². The van der Waals surface area contributed by atoms with Gasteiger partial charge in [0.2, 0.25) is 0 Å². The van der Waals surface area contributed by atoms with Crippen molar-refractivity contribution in [1.29, 1.82) is 0 Å². The van der Waals surface area contributed by atoms with Crippen molar-refractivity contribution in [3.63, 3.8) is 0 Å². The number of hydrogen-bond donors (Lipinski definition) is 1. The number of benzene rings is 1. The van der Waals surface area contributed by atoms with Crippen molar-refractivity contribution in [1.82, 2.24) is 5.32 Å². The van der Waals surface area contributed by atoms with Crippen LogP contribution in [0.3, 0.4) is 0 Å². The van der Waals surface area contributed by atoms with Crippen LogP contribution in [-0.4, -0.2) is 13.2 Å². The van der Waals surface area contributed by atoms with Gasteiger partial charge in [-0.1, -0.05) is 50.4 Å². The van der Waals surface area contributed by atoms with E-state index in [1.807, 2.05) is 12.1 Å². The summed E-state index contributed by atoms with van der Waals surface area (Å²) in [6.07, 6.45) is 5.29. The third kappa shape index (κ3) is 4.68. The van der Waals surface area contributed by atoms with Crippen molar-refractivity contribution in [2.45, 2.75) is 46.1 Å². The molecule has 1 aliphatic carbocycles. The molecule has 20 heavy (non-hydrogen) atoms. The second-order valence-electron chi connectivity index (χ2n) is 6.21. The second kappa shape index (κ2) is 7.90. The lowest BCUT2D eigenvalue weighted by atomic mass is 10.1. The van der Waals surface area contributed by atoms with E-state index < -0.39 is 0 Å². The van der Waals surface area contributed by atoms with Crippen LogP contribution in [0.4, 0.5) is 0 Å². The molecule has 0 heterocycles. The Balaban J connectivity index is 1.94. The van der Waals surface area contributed by atoms with Crippen molar-refractivity contribution in [3.05, 3.63) is 28.8 Å². The summed E-state index contributed by atoms with van der Waals surface area (Å²) in [7, 11) is 0. The molecule has 1 aromatic carbocycles. The Morgan fingerprint density at radius 2 is 2.05 bits per heavy atom. The lowest BCUT2D eigenvalue weighted by Gasteiger charge is -2.17. The van der Waals surface area contributed by atoms with Crippen LogP contribution >= 0.6 is 11.6 Å². The van der Waals surface area contributed by atoms with Gasteiger partial charge in [-0.3, -0.25) is 0 Å². The van der Waals surface area contributed by atoms with Crippen LogP contribution in [0.5, 0.6) is 5.75 Å². The molecule has 1 fully saturated rings. The van der Waals surface area contributed by atoms with E-state index in [9.17, 15) is 0 Å². The number of para-hydroxylation sites is 1. The number of hydrogen-bond acceptors (Lipinski definition) is 2. The first-order valence-corrected chi connectivity index (χ1v) is 8.15. The standard InChI is InChI=1S/C17H26ClNO/c1-13(2)10-19-11-15-8-5-9-16(18)17(15)20-12-14-6-3-4-7-14/h5,8-9,13-14,19H,3-4,6-7,10-12H2,1-2H3. The number of ether oxygens (including phenoxy) is 1. The summed E-state index contributed by atoms with van der Waals surface area (Å²) in [4.78, 5) is 0. The summed E-state index contributed by atoms with van der Waals surface area (Å²) in [6.45, 7) is 7.05. The van der Waals surface area contributed by atoms with Crippen LogP contribution in [0.1, 0.15) is 45.1 Å². The maximum Gasteiger partial charge on any atom is 0.142 e. The van der Waals surface area contributed by atoms with E-state index in [2.05, 4.69) is 25.2 Å². The summed E-state index contributed by atoms with van der Waals surface area (Å²) in [5.74, 6) is 2.23. The van der Waals surface area contributed by atoms with Gasteiger partial charge in [0.15, 0.2) is 0 Å². The van der Waals surface area contributed by atoms with Gasteiger partial charge in [0.1, 0.15) is 5.75 Å². The van der Waals surface area contributed by atoms with Gasteiger partial charge in [0, 0.05) is 12.1 Å². The van der Waals surface area contributed by atoms with E-state index >= 15 is 0 Å². The van der Waals surface area contributed by atoms with Gasteiger partial charge in [0.05, 0.1) is 11.6 Å².